The van der Waals surface area contributed by atoms with Gasteiger partial charge in [-0.2, -0.15) is 0 Å². The summed E-state index contributed by atoms with van der Waals surface area (Å²) >= 11 is 0. The summed E-state index contributed by atoms with van der Waals surface area (Å²) in [4.78, 5) is 4.02. The van der Waals surface area contributed by atoms with Gasteiger partial charge >= 0.3 is 0 Å². The zero-order chi connectivity index (χ0) is 13.8. The minimum Gasteiger partial charge on any atom is -0.308 e. The second-order valence-corrected chi connectivity index (χ2v) is 6.39. The number of rotatable bonds is 6. The monoisotopic (exact) mass is 272 g/mol. The summed E-state index contributed by atoms with van der Waals surface area (Å²) in [5.41, 5.74) is 2.32. The van der Waals surface area contributed by atoms with Crippen molar-refractivity contribution >= 4 is 15.8 Å². The van der Waals surface area contributed by atoms with E-state index < -0.39 is 10.0 Å². The van der Waals surface area contributed by atoms with Gasteiger partial charge in [0, 0.05) is 18.3 Å². The van der Waals surface area contributed by atoms with Gasteiger partial charge in [-0.3, -0.25) is 0 Å². The molecule has 1 unspecified atom stereocenters. The van der Waals surface area contributed by atoms with Crippen molar-refractivity contribution in [3.8, 4) is 0 Å². The maximum Gasteiger partial charge on any atom is 0.240 e. The number of aromatic nitrogens is 1. The smallest absolute Gasteiger partial charge is 0.240 e. The van der Waals surface area contributed by atoms with Crippen LogP contribution >= 0.6 is 0 Å². The van der Waals surface area contributed by atoms with Crippen LogP contribution in [-0.4, -0.2) is 19.4 Å². The molecule has 18 heavy (non-hydrogen) atoms. The fourth-order valence-electron chi connectivity index (χ4n) is 1.75. The van der Waals surface area contributed by atoms with Gasteiger partial charge in [-0.15, -0.1) is 0 Å². The first-order valence-corrected chi connectivity index (χ1v) is 7.28. The molecule has 0 aliphatic heterocycles. The van der Waals surface area contributed by atoms with Crippen LogP contribution in [0.1, 0.15) is 27.2 Å². The molecular formula is C11H20N4O2S. The van der Waals surface area contributed by atoms with Gasteiger partial charge < -0.3 is 5.43 Å². The Labute approximate surface area is 108 Å². The number of nitrogens with zero attached hydrogens (tertiary/aromatic N) is 1. The van der Waals surface area contributed by atoms with Crippen LogP contribution in [0, 0.1) is 5.92 Å². The summed E-state index contributed by atoms with van der Waals surface area (Å²) in [6.07, 6.45) is 2.18. The summed E-state index contributed by atoms with van der Waals surface area (Å²) < 4.78 is 26.8. The molecule has 7 heteroatoms. The SMILES string of the molecule is CC(C)CC(C)NS(=O)(=O)c1ccnc(NN)c1. The standard InChI is InChI=1S/C11H20N4O2S/c1-8(2)6-9(3)15-18(16,17)10-4-5-13-11(7-10)14-12/h4-5,7-9,15H,6,12H2,1-3H3,(H,13,14). The van der Waals surface area contributed by atoms with Gasteiger partial charge in [0.15, 0.2) is 0 Å². The number of nitrogen functional groups attached to an aromatic ring is 1. The molecule has 6 nitrogen and oxygen atoms in total. The van der Waals surface area contributed by atoms with E-state index in [1.54, 1.807) is 0 Å². The molecule has 1 rings (SSSR count). The first-order valence-electron chi connectivity index (χ1n) is 5.80. The van der Waals surface area contributed by atoms with Crippen molar-refractivity contribution in [2.75, 3.05) is 5.43 Å². The van der Waals surface area contributed by atoms with E-state index in [0.29, 0.717) is 11.7 Å². The normalized spacial score (nSPS) is 13.6. The van der Waals surface area contributed by atoms with Crippen molar-refractivity contribution in [1.82, 2.24) is 9.71 Å². The Morgan fingerprint density at radius 2 is 2.06 bits per heavy atom. The van der Waals surface area contributed by atoms with Crippen LogP contribution in [0.15, 0.2) is 23.2 Å². The highest BCUT2D eigenvalue weighted by Crippen LogP contribution is 2.14. The van der Waals surface area contributed by atoms with Crippen molar-refractivity contribution in [2.24, 2.45) is 11.8 Å². The van der Waals surface area contributed by atoms with E-state index in [2.05, 4.69) is 15.1 Å². The van der Waals surface area contributed by atoms with Gasteiger partial charge in [0.05, 0.1) is 4.90 Å². The molecule has 1 aromatic rings. The van der Waals surface area contributed by atoms with E-state index >= 15 is 0 Å². The Hall–Kier alpha value is -1.18. The highest BCUT2D eigenvalue weighted by atomic mass is 32.2. The lowest BCUT2D eigenvalue weighted by Gasteiger charge is -2.16. The molecule has 0 aromatic carbocycles. The highest BCUT2D eigenvalue weighted by Gasteiger charge is 2.18. The second-order valence-electron chi connectivity index (χ2n) is 4.67. The molecule has 0 aliphatic carbocycles. The van der Waals surface area contributed by atoms with Crippen molar-refractivity contribution in [2.45, 2.75) is 38.1 Å². The van der Waals surface area contributed by atoms with E-state index in [9.17, 15) is 8.42 Å². The van der Waals surface area contributed by atoms with E-state index in [4.69, 9.17) is 5.84 Å². The minimum atomic E-state index is -3.52. The Morgan fingerprint density at radius 3 is 2.61 bits per heavy atom. The molecule has 0 saturated heterocycles. The van der Waals surface area contributed by atoms with Gasteiger partial charge in [0.2, 0.25) is 10.0 Å². The topological polar surface area (TPSA) is 97.1 Å². The molecule has 1 aromatic heterocycles. The zero-order valence-corrected chi connectivity index (χ0v) is 11.7. The first kappa shape index (κ1) is 14.9. The number of nitrogens with two attached hydrogens (primary N) is 1. The molecular weight excluding hydrogens is 252 g/mol. The van der Waals surface area contributed by atoms with E-state index in [1.165, 1.54) is 18.3 Å². The van der Waals surface area contributed by atoms with Crippen LogP contribution in [0.3, 0.4) is 0 Å². The fourth-order valence-corrected chi connectivity index (χ4v) is 3.01. The van der Waals surface area contributed by atoms with Crippen LogP contribution in [0.2, 0.25) is 0 Å². The van der Waals surface area contributed by atoms with Gasteiger partial charge in [0.25, 0.3) is 0 Å². The summed E-state index contributed by atoms with van der Waals surface area (Å²) in [7, 11) is -3.52. The van der Waals surface area contributed by atoms with Gasteiger partial charge in [-0.05, 0) is 25.3 Å². The Morgan fingerprint density at radius 1 is 1.39 bits per heavy atom. The number of pyridine rings is 1. The molecule has 0 aliphatic rings. The van der Waals surface area contributed by atoms with E-state index in [-0.39, 0.29) is 10.9 Å². The molecule has 0 spiro atoms. The van der Waals surface area contributed by atoms with Crippen molar-refractivity contribution < 1.29 is 8.42 Å². The van der Waals surface area contributed by atoms with Crippen molar-refractivity contribution in [3.05, 3.63) is 18.3 Å². The van der Waals surface area contributed by atoms with Gasteiger partial charge in [-0.1, -0.05) is 13.8 Å². The fraction of sp³-hybridized carbons (Fsp3) is 0.545. The molecule has 1 atom stereocenters. The lowest BCUT2D eigenvalue weighted by Crippen LogP contribution is -2.33. The van der Waals surface area contributed by atoms with Crippen LogP contribution in [0.4, 0.5) is 5.82 Å². The number of sulfonamides is 1. The third-order valence-electron chi connectivity index (χ3n) is 2.37. The number of nitrogens with one attached hydrogen (secondary N) is 2. The Balaban J connectivity index is 2.85. The average molecular weight is 272 g/mol. The first-order chi connectivity index (χ1) is 8.35. The van der Waals surface area contributed by atoms with Gasteiger partial charge in [0.1, 0.15) is 5.82 Å². The molecule has 0 fully saturated rings. The Kier molecular flexibility index (Phi) is 5.06. The summed E-state index contributed by atoms with van der Waals surface area (Å²) in [5, 5.41) is 0. The van der Waals surface area contributed by atoms with Crippen LogP contribution in [0.25, 0.3) is 0 Å². The highest BCUT2D eigenvalue weighted by molar-refractivity contribution is 7.89. The maximum atomic E-state index is 12.1. The third kappa shape index (κ3) is 4.25. The molecule has 0 radical (unpaired) electrons. The van der Waals surface area contributed by atoms with E-state index in [1.807, 2.05) is 20.8 Å². The molecule has 0 saturated carbocycles. The van der Waals surface area contributed by atoms with E-state index in [0.717, 1.165) is 6.42 Å². The molecule has 102 valence electrons. The molecule has 4 N–H and O–H groups in total. The number of hydrogen-bond donors (Lipinski definition) is 3. The third-order valence-corrected chi connectivity index (χ3v) is 3.96. The maximum absolute atomic E-state index is 12.1. The van der Waals surface area contributed by atoms with Crippen LogP contribution in [-0.2, 0) is 10.0 Å². The summed E-state index contributed by atoms with van der Waals surface area (Å²) in [6.45, 7) is 5.95. The minimum absolute atomic E-state index is 0.113. The van der Waals surface area contributed by atoms with Crippen molar-refractivity contribution in [1.29, 1.82) is 0 Å². The summed E-state index contributed by atoms with van der Waals surface area (Å²) in [6, 6.07) is 2.72. The Bertz CT molecular complexity index is 488. The van der Waals surface area contributed by atoms with Crippen molar-refractivity contribution in [3.63, 3.8) is 0 Å². The number of hydrogen-bond acceptors (Lipinski definition) is 5. The molecule has 0 bridgehead atoms. The predicted molar refractivity (Wildman–Crippen MR) is 71.3 cm³/mol. The predicted octanol–water partition coefficient (Wildman–Crippen LogP) is 1.08. The quantitative estimate of drug-likeness (QED) is 0.532. The lowest BCUT2D eigenvalue weighted by molar-refractivity contribution is 0.482. The van der Waals surface area contributed by atoms with Gasteiger partial charge in [-0.25, -0.2) is 24.0 Å². The van der Waals surface area contributed by atoms with Crippen LogP contribution in [0.5, 0.6) is 0 Å². The number of anilines is 1. The largest absolute Gasteiger partial charge is 0.308 e. The summed E-state index contributed by atoms with van der Waals surface area (Å²) in [5.74, 6) is 5.95. The van der Waals surface area contributed by atoms with Crippen LogP contribution < -0.4 is 16.0 Å². The second kappa shape index (κ2) is 6.12. The molecule has 0 amide bonds. The number of hydrazine groups is 1. The zero-order valence-electron chi connectivity index (χ0n) is 10.8. The average Bonchev–Trinajstić information content (AvgIpc) is 2.27. The molecule has 1 heterocycles. The lowest BCUT2D eigenvalue weighted by atomic mass is 10.1.